The molecule has 0 saturated carbocycles. The number of fused-ring (bicyclic) bond motifs is 5. The van der Waals surface area contributed by atoms with Crippen molar-refractivity contribution in [2.24, 2.45) is 5.41 Å². The average molecular weight is 993 g/mol. The van der Waals surface area contributed by atoms with Crippen LogP contribution in [-0.4, -0.2) is 105 Å². The van der Waals surface area contributed by atoms with E-state index in [2.05, 4.69) is 20.6 Å². The Balaban J connectivity index is 0.802. The van der Waals surface area contributed by atoms with E-state index in [0.29, 0.717) is 40.5 Å². The maximum atomic E-state index is 15.1. The number of halogens is 3. The molecule has 15 nitrogen and oxygen atoms in total. The number of carbonyl (C=O) groups excluding carboxylic acids is 5. The Kier molecular flexibility index (Phi) is 12.4. The molecular weight excluding hydrogens is 942 g/mol. The molecule has 3 aromatic heterocycles. The smallest absolute Gasteiger partial charge is 0.384 e. The van der Waals surface area contributed by atoms with E-state index in [1.807, 2.05) is 56.3 Å². The molecule has 0 aliphatic carbocycles. The number of imide groups is 2. The first kappa shape index (κ1) is 48.6. The lowest BCUT2D eigenvalue weighted by atomic mass is 9.91. The van der Waals surface area contributed by atoms with Gasteiger partial charge in [0.25, 0.3) is 17.4 Å². The number of benzene rings is 4. The zero-order valence-corrected chi connectivity index (χ0v) is 40.5. The summed E-state index contributed by atoms with van der Waals surface area (Å²) in [7, 11) is 0. The minimum atomic E-state index is -4.79. The quantitative estimate of drug-likeness (QED) is 0.0893. The zero-order valence-electron chi connectivity index (χ0n) is 40.5. The van der Waals surface area contributed by atoms with Crippen molar-refractivity contribution >= 4 is 73.5 Å². The first-order valence-electron chi connectivity index (χ1n) is 24.1. The molecule has 73 heavy (non-hydrogen) atoms. The fourth-order valence-electron chi connectivity index (χ4n) is 10.0. The molecule has 0 radical (unpaired) electrons. The number of nitrogens with zero attached hydrogens (tertiary/aromatic N) is 6. The fourth-order valence-corrected chi connectivity index (χ4v) is 10.0. The molecule has 0 bridgehead atoms. The number of aromatic nitrogens is 3. The van der Waals surface area contributed by atoms with Gasteiger partial charge in [-0.2, -0.15) is 13.2 Å². The Bertz CT molecular complexity index is 3490. The van der Waals surface area contributed by atoms with Crippen molar-refractivity contribution in [3.63, 3.8) is 0 Å². The van der Waals surface area contributed by atoms with E-state index in [9.17, 15) is 28.8 Å². The summed E-state index contributed by atoms with van der Waals surface area (Å²) in [5, 5.41) is 8.57. The van der Waals surface area contributed by atoms with Gasteiger partial charge in [-0.15, -0.1) is 0 Å². The lowest BCUT2D eigenvalue weighted by Gasteiger charge is -2.40. The maximum Gasteiger partial charge on any atom is 0.418 e. The van der Waals surface area contributed by atoms with E-state index in [0.717, 1.165) is 32.9 Å². The van der Waals surface area contributed by atoms with Crippen LogP contribution in [-0.2, 0) is 25.3 Å². The molecule has 10 rings (SSSR count). The van der Waals surface area contributed by atoms with Crippen molar-refractivity contribution < 1.29 is 41.9 Å². The summed E-state index contributed by atoms with van der Waals surface area (Å²) in [4.78, 5) is 91.9. The van der Waals surface area contributed by atoms with Gasteiger partial charge in [-0.25, -0.2) is 0 Å². The number of rotatable bonds is 12. The number of anilines is 2. The number of ether oxygens (including phenoxy) is 1. The number of piperidine rings is 1. The van der Waals surface area contributed by atoms with Crippen molar-refractivity contribution in [2.75, 3.05) is 49.5 Å². The van der Waals surface area contributed by atoms with Gasteiger partial charge >= 0.3 is 6.18 Å². The van der Waals surface area contributed by atoms with E-state index in [1.165, 1.54) is 28.8 Å². The van der Waals surface area contributed by atoms with E-state index in [-0.39, 0.29) is 74.0 Å². The van der Waals surface area contributed by atoms with Gasteiger partial charge in [0, 0.05) is 91.3 Å². The summed E-state index contributed by atoms with van der Waals surface area (Å²) >= 11 is 0. The third kappa shape index (κ3) is 9.26. The normalized spacial score (nSPS) is 16.7. The van der Waals surface area contributed by atoms with Crippen LogP contribution in [0.25, 0.3) is 49.4 Å². The Morgan fingerprint density at radius 3 is 2.33 bits per heavy atom. The predicted octanol–water partition coefficient (Wildman–Crippen LogP) is 8.15. The van der Waals surface area contributed by atoms with Crippen LogP contribution < -0.4 is 21.1 Å². The van der Waals surface area contributed by atoms with Crippen LogP contribution in [0.3, 0.4) is 0 Å². The minimum Gasteiger partial charge on any atom is -0.384 e. The number of piperazine rings is 1. The molecule has 1 unspecified atom stereocenters. The number of hydrogen-bond donors (Lipinski definition) is 2. The highest BCUT2D eigenvalue weighted by molar-refractivity contribution is 6.25. The first-order chi connectivity index (χ1) is 34.8. The third-order valence-electron chi connectivity index (χ3n) is 14.1. The zero-order chi connectivity index (χ0) is 51.6. The van der Waals surface area contributed by atoms with E-state index >= 15 is 13.2 Å². The molecule has 2 N–H and O–H groups in total. The second-order valence-electron chi connectivity index (χ2n) is 20.0. The van der Waals surface area contributed by atoms with E-state index in [1.54, 1.807) is 60.4 Å². The van der Waals surface area contributed by atoms with Gasteiger partial charge in [0.1, 0.15) is 6.04 Å². The Labute approximate surface area is 416 Å². The Morgan fingerprint density at radius 2 is 1.56 bits per heavy atom. The first-order valence-corrected chi connectivity index (χ1v) is 24.1. The minimum absolute atomic E-state index is 0.0105. The summed E-state index contributed by atoms with van der Waals surface area (Å²) in [6.07, 6.45) is 0.802. The SMILES string of the molecule is CC(C)(CCNc1cccc2c1C(=O)N(C1CCC(=O)NC1=O)C2=O)OCC(C)(C)C(=O)N1CCN(c2ccc(-n3c(=O)ccc4cnc5ccc(-c6ccc7ccncc7c6)cc5c43)cc2C(F)(F)F)CC1. The third-order valence-corrected chi connectivity index (χ3v) is 14.1. The van der Waals surface area contributed by atoms with Gasteiger partial charge in [-0.1, -0.05) is 24.3 Å². The number of pyridine rings is 3. The lowest BCUT2D eigenvalue weighted by Crippen LogP contribution is -2.54. The van der Waals surface area contributed by atoms with Gasteiger partial charge in [0.2, 0.25) is 17.7 Å². The van der Waals surface area contributed by atoms with Crippen LogP contribution >= 0.6 is 0 Å². The summed E-state index contributed by atoms with van der Waals surface area (Å²) < 4.78 is 53.1. The van der Waals surface area contributed by atoms with Crippen LogP contribution in [0.4, 0.5) is 24.5 Å². The van der Waals surface area contributed by atoms with Gasteiger partial charge in [0.15, 0.2) is 0 Å². The number of hydrogen-bond acceptors (Lipinski definition) is 11. The number of amides is 5. The highest BCUT2D eigenvalue weighted by Gasteiger charge is 2.46. The van der Waals surface area contributed by atoms with Crippen LogP contribution in [0.5, 0.6) is 0 Å². The molecular formula is C55H51F3N8O7. The van der Waals surface area contributed by atoms with Crippen molar-refractivity contribution in [3.8, 4) is 16.8 Å². The monoisotopic (exact) mass is 992 g/mol. The van der Waals surface area contributed by atoms with Crippen molar-refractivity contribution in [1.29, 1.82) is 0 Å². The van der Waals surface area contributed by atoms with Crippen LogP contribution in [0.1, 0.15) is 73.2 Å². The van der Waals surface area contributed by atoms with Gasteiger partial charge in [0.05, 0.1) is 51.0 Å². The number of alkyl halides is 3. The Morgan fingerprint density at radius 1 is 0.808 bits per heavy atom. The van der Waals surface area contributed by atoms with Crippen LogP contribution in [0.15, 0.2) is 114 Å². The number of carbonyl (C=O) groups is 5. The van der Waals surface area contributed by atoms with E-state index < -0.39 is 58.0 Å². The van der Waals surface area contributed by atoms with Crippen molar-refractivity contribution in [1.82, 2.24) is 29.7 Å². The second kappa shape index (κ2) is 18.6. The summed E-state index contributed by atoms with van der Waals surface area (Å²) in [6.45, 7) is 8.19. The molecule has 5 amide bonds. The molecule has 18 heteroatoms. The fraction of sp³-hybridized carbons (Fsp3) is 0.309. The van der Waals surface area contributed by atoms with Crippen molar-refractivity contribution in [3.05, 3.63) is 137 Å². The summed E-state index contributed by atoms with van der Waals surface area (Å²) in [5.41, 5.74) is 0.241. The summed E-state index contributed by atoms with van der Waals surface area (Å²) in [5.74, 6) is -2.60. The van der Waals surface area contributed by atoms with Crippen molar-refractivity contribution in [2.45, 2.75) is 64.8 Å². The van der Waals surface area contributed by atoms with Gasteiger partial charge < -0.3 is 19.9 Å². The average Bonchev–Trinajstić information content (AvgIpc) is 3.63. The molecule has 3 aliphatic rings. The number of nitrogens with one attached hydrogen (secondary N) is 2. The summed E-state index contributed by atoms with van der Waals surface area (Å²) in [6, 6.07) is 24.2. The van der Waals surface area contributed by atoms with E-state index in [4.69, 9.17) is 4.74 Å². The van der Waals surface area contributed by atoms with Gasteiger partial charge in [-0.3, -0.25) is 53.5 Å². The molecule has 2 fully saturated rings. The molecule has 4 aromatic carbocycles. The molecule has 1 atom stereocenters. The predicted molar refractivity (Wildman–Crippen MR) is 269 cm³/mol. The molecule has 3 aliphatic heterocycles. The molecule has 2 saturated heterocycles. The largest absolute Gasteiger partial charge is 0.418 e. The standard InChI is InChI=1S/C55H51F3N8O7/c1-53(2,31-73-54(3,4)19-21-60-42-7-5-6-38-47(42)51(71)66(50(38)70)44-15-16-45(67)62-49(44)69)52(72)64-24-22-63(23-25-64)43-14-12-37(28-40(43)55(56,57)58)65-46(68)17-11-35-30-61-41-13-10-34(27-39(41)48(35)65)33-9-8-32-18-20-59-29-36(32)26-33/h5-14,17-18,20,26-30,44,60H,15-16,19,21-25,31H2,1-4H3,(H,62,67,69). The molecule has 7 aromatic rings. The second-order valence-corrected chi connectivity index (χ2v) is 20.0. The van der Waals surface area contributed by atoms with Crippen LogP contribution in [0, 0.1) is 5.41 Å². The lowest BCUT2D eigenvalue weighted by molar-refractivity contribution is -0.148. The topological polar surface area (TPSA) is 176 Å². The molecule has 0 spiro atoms. The Hall–Kier alpha value is -7.99. The molecule has 6 heterocycles. The molecule has 374 valence electrons. The maximum absolute atomic E-state index is 15.1. The highest BCUT2D eigenvalue weighted by Crippen LogP contribution is 2.40. The van der Waals surface area contributed by atoms with Gasteiger partial charge in [-0.05, 0) is 118 Å². The highest BCUT2D eigenvalue weighted by atomic mass is 19.4. The van der Waals surface area contributed by atoms with Crippen LogP contribution in [0.2, 0.25) is 0 Å².